The van der Waals surface area contributed by atoms with E-state index in [0.717, 1.165) is 0 Å². The molecule has 5 heteroatoms. The van der Waals surface area contributed by atoms with Crippen LogP contribution in [-0.2, 0) is 9.47 Å². The van der Waals surface area contributed by atoms with Gasteiger partial charge in [-0.2, -0.15) is 0 Å². The van der Waals surface area contributed by atoms with Gasteiger partial charge in [-0.25, -0.2) is 4.79 Å². The lowest BCUT2D eigenvalue weighted by atomic mass is 10.2. The van der Waals surface area contributed by atoms with Crippen LogP contribution in [0.2, 0.25) is 0 Å². The summed E-state index contributed by atoms with van der Waals surface area (Å²) in [5.41, 5.74) is -0.516. The maximum absolute atomic E-state index is 11.6. The Kier molecular flexibility index (Phi) is 6.27. The number of ether oxygens (including phenoxy) is 2. The maximum Gasteiger partial charge on any atom is 0.410 e. The van der Waals surface area contributed by atoms with Crippen molar-refractivity contribution in [3.8, 4) is 0 Å². The van der Waals surface area contributed by atoms with E-state index in [1.807, 2.05) is 0 Å². The van der Waals surface area contributed by atoms with Crippen molar-refractivity contribution >= 4 is 6.09 Å². The molecule has 5 nitrogen and oxygen atoms in total. The molecule has 1 N–H and O–H groups in total. The number of nitrogens with zero attached hydrogens (tertiary/aromatic N) is 1. The van der Waals surface area contributed by atoms with Gasteiger partial charge in [-0.1, -0.05) is 0 Å². The van der Waals surface area contributed by atoms with Gasteiger partial charge in [0.2, 0.25) is 0 Å². The summed E-state index contributed by atoms with van der Waals surface area (Å²) in [6.07, 6.45) is -0.423. The highest BCUT2D eigenvalue weighted by atomic mass is 16.6. The van der Waals surface area contributed by atoms with Gasteiger partial charge in [0, 0.05) is 20.2 Å². The van der Waals surface area contributed by atoms with Crippen LogP contribution in [0, 0.1) is 0 Å². The second kappa shape index (κ2) is 6.63. The number of aliphatic hydroxyl groups excluding tert-OH is 1. The van der Waals surface area contributed by atoms with Crippen molar-refractivity contribution in [3.63, 3.8) is 0 Å². The molecule has 0 fully saturated rings. The van der Waals surface area contributed by atoms with E-state index in [1.54, 1.807) is 27.9 Å². The van der Waals surface area contributed by atoms with Gasteiger partial charge >= 0.3 is 6.09 Å². The number of aliphatic hydroxyl groups is 1. The summed E-state index contributed by atoms with van der Waals surface area (Å²) in [6.45, 7) is 6.45. The Morgan fingerprint density at radius 3 is 2.33 bits per heavy atom. The van der Waals surface area contributed by atoms with E-state index in [-0.39, 0.29) is 13.2 Å². The van der Waals surface area contributed by atoms with Gasteiger partial charge in [-0.15, -0.1) is 0 Å². The van der Waals surface area contributed by atoms with Crippen molar-refractivity contribution in [3.05, 3.63) is 0 Å². The average Bonchev–Trinajstić information content (AvgIpc) is 2.09. The summed E-state index contributed by atoms with van der Waals surface area (Å²) in [4.78, 5) is 13.0. The smallest absolute Gasteiger partial charge is 0.410 e. The third-order valence-corrected chi connectivity index (χ3v) is 1.59. The van der Waals surface area contributed by atoms with Gasteiger partial charge in [0.05, 0.1) is 13.2 Å². The number of hydrogen-bond acceptors (Lipinski definition) is 4. The van der Waals surface area contributed by atoms with Crippen LogP contribution in [0.4, 0.5) is 4.79 Å². The number of carbonyl (C=O) groups excluding carboxylic acids is 1. The molecule has 0 aromatic carbocycles. The molecule has 0 saturated carbocycles. The monoisotopic (exact) mass is 219 g/mol. The Labute approximate surface area is 91.0 Å². The van der Waals surface area contributed by atoms with E-state index in [1.165, 1.54) is 4.90 Å². The first-order chi connectivity index (χ1) is 6.90. The molecule has 0 aromatic heterocycles. The lowest BCUT2D eigenvalue weighted by Gasteiger charge is -2.26. The van der Waals surface area contributed by atoms with Crippen molar-refractivity contribution in [1.82, 2.24) is 4.90 Å². The standard InChI is InChI=1S/C10H21NO4/c1-10(2,3)15-9(13)11(5-7-12)6-8-14-4/h12H,5-8H2,1-4H3. The second-order valence-corrected chi connectivity index (χ2v) is 4.18. The number of carbonyl (C=O) groups is 1. The summed E-state index contributed by atoms with van der Waals surface area (Å²) < 4.78 is 10.0. The van der Waals surface area contributed by atoms with E-state index < -0.39 is 11.7 Å². The van der Waals surface area contributed by atoms with E-state index in [0.29, 0.717) is 13.2 Å². The minimum atomic E-state index is -0.516. The lowest BCUT2D eigenvalue weighted by Crippen LogP contribution is -2.40. The highest BCUT2D eigenvalue weighted by molar-refractivity contribution is 5.68. The van der Waals surface area contributed by atoms with E-state index in [2.05, 4.69) is 0 Å². The third kappa shape index (κ3) is 7.16. The Bertz CT molecular complexity index is 188. The summed E-state index contributed by atoms with van der Waals surface area (Å²) >= 11 is 0. The normalized spacial score (nSPS) is 11.3. The molecule has 0 rings (SSSR count). The van der Waals surface area contributed by atoms with Gasteiger partial charge < -0.3 is 19.5 Å². The minimum absolute atomic E-state index is 0.0804. The van der Waals surface area contributed by atoms with Crippen molar-refractivity contribution in [2.24, 2.45) is 0 Å². The molecule has 0 radical (unpaired) electrons. The fourth-order valence-corrected chi connectivity index (χ4v) is 0.943. The topological polar surface area (TPSA) is 59.0 Å². The van der Waals surface area contributed by atoms with Crippen molar-refractivity contribution in [2.75, 3.05) is 33.4 Å². The highest BCUT2D eigenvalue weighted by Gasteiger charge is 2.21. The van der Waals surface area contributed by atoms with Crippen LogP contribution >= 0.6 is 0 Å². The number of hydrogen-bond donors (Lipinski definition) is 1. The highest BCUT2D eigenvalue weighted by Crippen LogP contribution is 2.09. The summed E-state index contributed by atoms with van der Waals surface area (Å²) in [7, 11) is 1.56. The maximum atomic E-state index is 11.6. The zero-order valence-electron chi connectivity index (χ0n) is 9.95. The van der Waals surface area contributed by atoms with Crippen LogP contribution in [0.25, 0.3) is 0 Å². The molecule has 0 aliphatic heterocycles. The predicted molar refractivity (Wildman–Crippen MR) is 56.8 cm³/mol. The van der Waals surface area contributed by atoms with Gasteiger partial charge in [0.1, 0.15) is 5.60 Å². The number of amides is 1. The molecule has 0 aliphatic rings. The first kappa shape index (κ1) is 14.2. The molecule has 0 atom stereocenters. The Balaban J connectivity index is 4.15. The molecule has 0 spiro atoms. The number of rotatable bonds is 5. The van der Waals surface area contributed by atoms with E-state index >= 15 is 0 Å². The molecule has 1 amide bonds. The average molecular weight is 219 g/mol. The van der Waals surface area contributed by atoms with Crippen LogP contribution in [0.5, 0.6) is 0 Å². The van der Waals surface area contributed by atoms with E-state index in [4.69, 9.17) is 14.6 Å². The van der Waals surface area contributed by atoms with Crippen molar-refractivity contribution < 1.29 is 19.4 Å². The fourth-order valence-electron chi connectivity index (χ4n) is 0.943. The van der Waals surface area contributed by atoms with Gasteiger partial charge in [-0.05, 0) is 20.8 Å². The zero-order valence-corrected chi connectivity index (χ0v) is 9.95. The Morgan fingerprint density at radius 2 is 1.93 bits per heavy atom. The first-order valence-corrected chi connectivity index (χ1v) is 4.98. The molecule has 0 aliphatic carbocycles. The molecular weight excluding hydrogens is 198 g/mol. The molecule has 0 saturated heterocycles. The zero-order chi connectivity index (χ0) is 11.9. The summed E-state index contributed by atoms with van der Waals surface area (Å²) in [6, 6.07) is 0. The molecule has 90 valence electrons. The quantitative estimate of drug-likeness (QED) is 0.745. The van der Waals surface area contributed by atoms with Crippen LogP contribution in [0.15, 0.2) is 0 Å². The molecule has 0 bridgehead atoms. The van der Waals surface area contributed by atoms with Crippen LogP contribution < -0.4 is 0 Å². The van der Waals surface area contributed by atoms with Gasteiger partial charge in [0.15, 0.2) is 0 Å². The molecule has 0 aromatic rings. The SMILES string of the molecule is COCCN(CCO)C(=O)OC(C)(C)C. The Hall–Kier alpha value is -0.810. The fraction of sp³-hybridized carbons (Fsp3) is 0.900. The second-order valence-electron chi connectivity index (χ2n) is 4.18. The first-order valence-electron chi connectivity index (χ1n) is 4.98. The van der Waals surface area contributed by atoms with Crippen molar-refractivity contribution in [2.45, 2.75) is 26.4 Å². The number of methoxy groups -OCH3 is 1. The lowest BCUT2D eigenvalue weighted by molar-refractivity contribution is 0.0169. The summed E-state index contributed by atoms with van der Waals surface area (Å²) in [5.74, 6) is 0. The third-order valence-electron chi connectivity index (χ3n) is 1.59. The van der Waals surface area contributed by atoms with Crippen LogP contribution in [0.3, 0.4) is 0 Å². The van der Waals surface area contributed by atoms with Crippen molar-refractivity contribution in [1.29, 1.82) is 0 Å². The predicted octanol–water partition coefficient (Wildman–Crippen LogP) is 0.862. The molecular formula is C10H21NO4. The molecule has 0 unspecified atom stereocenters. The summed E-state index contributed by atoms with van der Waals surface area (Å²) in [5, 5.41) is 8.79. The molecule has 0 heterocycles. The van der Waals surface area contributed by atoms with Gasteiger partial charge in [0.25, 0.3) is 0 Å². The van der Waals surface area contributed by atoms with E-state index in [9.17, 15) is 4.79 Å². The largest absolute Gasteiger partial charge is 0.444 e. The Morgan fingerprint density at radius 1 is 1.33 bits per heavy atom. The van der Waals surface area contributed by atoms with Gasteiger partial charge in [-0.3, -0.25) is 0 Å². The van der Waals surface area contributed by atoms with Crippen LogP contribution in [-0.4, -0.2) is 55.1 Å². The van der Waals surface area contributed by atoms with Crippen LogP contribution in [0.1, 0.15) is 20.8 Å². The minimum Gasteiger partial charge on any atom is -0.444 e. The molecule has 15 heavy (non-hydrogen) atoms.